The smallest absolute Gasteiger partial charge is 0.243 e. The molecule has 0 bridgehead atoms. The lowest BCUT2D eigenvalue weighted by Gasteiger charge is -2.22. The molecule has 0 saturated heterocycles. The van der Waals surface area contributed by atoms with E-state index in [1.165, 1.54) is 12.4 Å². The average Bonchev–Trinajstić information content (AvgIpc) is 2.65. The zero-order valence-corrected chi connectivity index (χ0v) is 12.6. The van der Waals surface area contributed by atoms with E-state index >= 15 is 0 Å². The first-order valence-electron chi connectivity index (χ1n) is 5.33. The van der Waals surface area contributed by atoms with Gasteiger partial charge in [0.05, 0.1) is 6.20 Å². The molecule has 5 nitrogen and oxygen atoms in total. The summed E-state index contributed by atoms with van der Waals surface area (Å²) in [6.07, 6.45) is 3.53. The Morgan fingerprint density at radius 3 is 2.65 bits per heavy atom. The monoisotopic (exact) mass is 323 g/mol. The van der Waals surface area contributed by atoms with E-state index in [1.807, 2.05) is 0 Å². The van der Waals surface area contributed by atoms with Crippen molar-refractivity contribution >= 4 is 26.0 Å². The summed E-state index contributed by atoms with van der Waals surface area (Å²) in [6, 6.07) is 0. The lowest BCUT2D eigenvalue weighted by atomic mass is 9.91. The van der Waals surface area contributed by atoms with Gasteiger partial charge in [0, 0.05) is 17.6 Å². The molecule has 1 rings (SSSR count). The van der Waals surface area contributed by atoms with E-state index in [0.717, 1.165) is 6.42 Å². The molecule has 0 aromatic carbocycles. The van der Waals surface area contributed by atoms with Crippen LogP contribution >= 0.6 is 15.9 Å². The third kappa shape index (κ3) is 5.18. The number of rotatable bonds is 5. The number of aromatic amines is 1. The van der Waals surface area contributed by atoms with Crippen LogP contribution in [0.3, 0.4) is 0 Å². The van der Waals surface area contributed by atoms with Gasteiger partial charge in [-0.3, -0.25) is 5.10 Å². The number of sulfonamides is 1. The maximum atomic E-state index is 11.8. The molecular weight excluding hydrogens is 306 g/mol. The minimum atomic E-state index is -3.44. The number of hydrogen-bond acceptors (Lipinski definition) is 3. The van der Waals surface area contributed by atoms with Crippen LogP contribution in [0.1, 0.15) is 27.2 Å². The summed E-state index contributed by atoms with van der Waals surface area (Å²) in [4.78, 5) is 0.275. The average molecular weight is 324 g/mol. The number of hydrogen-bond donors (Lipinski definition) is 2. The van der Waals surface area contributed by atoms with E-state index in [4.69, 9.17) is 0 Å². The quantitative estimate of drug-likeness (QED) is 0.812. The highest BCUT2D eigenvalue weighted by atomic mass is 79.9. The number of H-pyrrole nitrogens is 1. The van der Waals surface area contributed by atoms with Gasteiger partial charge in [-0.25, -0.2) is 13.1 Å². The second-order valence-corrected chi connectivity index (χ2v) is 8.21. The summed E-state index contributed by atoms with van der Waals surface area (Å²) in [6.45, 7) is 6.72. The molecule has 98 valence electrons. The number of aromatic nitrogens is 2. The number of nitrogens with one attached hydrogen (secondary N) is 2. The first-order chi connectivity index (χ1) is 7.71. The molecule has 0 aliphatic carbocycles. The van der Waals surface area contributed by atoms with Crippen LogP contribution in [0.25, 0.3) is 0 Å². The standard InChI is InChI=1S/C10H18BrN3O2S/c1-10(2,3)4-8(11)5-14-17(15,16)9-6-12-13-7-9/h6-8,14H,4-5H2,1-3H3,(H,12,13). The fourth-order valence-electron chi connectivity index (χ4n) is 1.41. The second kappa shape index (κ2) is 5.49. The predicted octanol–water partition coefficient (Wildman–Crippen LogP) is 1.89. The Bertz CT molecular complexity index is 437. The third-order valence-corrected chi connectivity index (χ3v) is 4.15. The summed E-state index contributed by atoms with van der Waals surface area (Å²) in [5, 5.41) is 6.10. The zero-order valence-electron chi connectivity index (χ0n) is 10.2. The summed E-state index contributed by atoms with van der Waals surface area (Å²) in [5.41, 5.74) is 0.162. The molecule has 0 saturated carbocycles. The van der Waals surface area contributed by atoms with E-state index in [2.05, 4.69) is 51.6 Å². The number of alkyl halides is 1. The minimum Gasteiger partial charge on any atom is -0.284 e. The second-order valence-electron chi connectivity index (χ2n) is 5.15. The Balaban J connectivity index is 2.51. The molecule has 0 radical (unpaired) electrons. The van der Waals surface area contributed by atoms with Crippen molar-refractivity contribution in [3.63, 3.8) is 0 Å². The molecule has 7 heteroatoms. The number of nitrogens with zero attached hydrogens (tertiary/aromatic N) is 1. The third-order valence-electron chi connectivity index (χ3n) is 2.11. The van der Waals surface area contributed by atoms with Crippen molar-refractivity contribution in [2.45, 2.75) is 36.9 Å². The molecule has 1 aromatic heterocycles. The van der Waals surface area contributed by atoms with Crippen molar-refractivity contribution in [3.05, 3.63) is 12.4 Å². The maximum Gasteiger partial charge on any atom is 0.243 e. The molecule has 17 heavy (non-hydrogen) atoms. The SMILES string of the molecule is CC(C)(C)CC(Br)CNS(=O)(=O)c1cn[nH]c1. The van der Waals surface area contributed by atoms with E-state index in [1.54, 1.807) is 0 Å². The van der Waals surface area contributed by atoms with Crippen molar-refractivity contribution < 1.29 is 8.42 Å². The van der Waals surface area contributed by atoms with Crippen LogP contribution in [-0.2, 0) is 10.0 Å². The van der Waals surface area contributed by atoms with Crippen LogP contribution in [-0.4, -0.2) is 30.0 Å². The molecule has 0 aliphatic rings. The van der Waals surface area contributed by atoms with Crippen molar-refractivity contribution in [2.75, 3.05) is 6.54 Å². The van der Waals surface area contributed by atoms with Gasteiger partial charge in [0.1, 0.15) is 4.90 Å². The van der Waals surface area contributed by atoms with Gasteiger partial charge in [0.15, 0.2) is 0 Å². The molecule has 1 atom stereocenters. The minimum absolute atomic E-state index is 0.115. The van der Waals surface area contributed by atoms with Gasteiger partial charge >= 0.3 is 0 Å². The van der Waals surface area contributed by atoms with Crippen LogP contribution in [0.2, 0.25) is 0 Å². The Morgan fingerprint density at radius 2 is 2.18 bits per heavy atom. The Kier molecular flexibility index (Phi) is 4.74. The van der Waals surface area contributed by atoms with Crippen molar-refractivity contribution in [2.24, 2.45) is 5.41 Å². The van der Waals surface area contributed by atoms with Crippen LogP contribution in [0.15, 0.2) is 17.3 Å². The highest BCUT2D eigenvalue weighted by molar-refractivity contribution is 9.09. The highest BCUT2D eigenvalue weighted by Crippen LogP contribution is 2.24. The topological polar surface area (TPSA) is 74.8 Å². The highest BCUT2D eigenvalue weighted by Gasteiger charge is 2.20. The number of halogens is 1. The van der Waals surface area contributed by atoms with Crippen LogP contribution in [0, 0.1) is 5.41 Å². The lowest BCUT2D eigenvalue weighted by Crippen LogP contribution is -2.31. The molecule has 0 fully saturated rings. The summed E-state index contributed by atoms with van der Waals surface area (Å²) < 4.78 is 26.1. The first kappa shape index (κ1) is 14.7. The van der Waals surface area contributed by atoms with Crippen LogP contribution in [0.5, 0.6) is 0 Å². The molecule has 0 spiro atoms. The summed E-state index contributed by atoms with van der Waals surface area (Å²) >= 11 is 3.48. The van der Waals surface area contributed by atoms with Gasteiger partial charge in [0.2, 0.25) is 10.0 Å². The van der Waals surface area contributed by atoms with Gasteiger partial charge in [-0.05, 0) is 11.8 Å². The zero-order chi connectivity index (χ0) is 13.1. The first-order valence-corrected chi connectivity index (χ1v) is 7.73. The fraction of sp³-hybridized carbons (Fsp3) is 0.700. The molecule has 0 aliphatic heterocycles. The van der Waals surface area contributed by atoms with E-state index < -0.39 is 10.0 Å². The van der Waals surface area contributed by atoms with Gasteiger partial charge in [-0.1, -0.05) is 36.7 Å². The largest absolute Gasteiger partial charge is 0.284 e. The fourth-order valence-corrected chi connectivity index (χ4v) is 3.74. The van der Waals surface area contributed by atoms with Gasteiger partial charge in [-0.15, -0.1) is 0 Å². The van der Waals surface area contributed by atoms with E-state index in [-0.39, 0.29) is 15.1 Å². The Labute approximate surface area is 111 Å². The van der Waals surface area contributed by atoms with Crippen molar-refractivity contribution in [1.82, 2.24) is 14.9 Å². The van der Waals surface area contributed by atoms with Crippen LogP contribution < -0.4 is 4.72 Å². The molecule has 2 N–H and O–H groups in total. The van der Waals surface area contributed by atoms with E-state index in [9.17, 15) is 8.42 Å². The molecule has 0 amide bonds. The van der Waals surface area contributed by atoms with Gasteiger partial charge in [0.25, 0.3) is 0 Å². The van der Waals surface area contributed by atoms with E-state index in [0.29, 0.717) is 6.54 Å². The molecular formula is C10H18BrN3O2S. The molecule has 1 unspecified atom stereocenters. The maximum absolute atomic E-state index is 11.8. The molecule has 1 heterocycles. The van der Waals surface area contributed by atoms with Crippen molar-refractivity contribution in [1.29, 1.82) is 0 Å². The van der Waals surface area contributed by atoms with Gasteiger partial charge < -0.3 is 0 Å². The normalized spacial score (nSPS) is 14.8. The lowest BCUT2D eigenvalue weighted by molar-refractivity contribution is 0.373. The summed E-state index contributed by atoms with van der Waals surface area (Å²) in [7, 11) is -3.44. The van der Waals surface area contributed by atoms with Crippen molar-refractivity contribution in [3.8, 4) is 0 Å². The van der Waals surface area contributed by atoms with Gasteiger partial charge in [-0.2, -0.15) is 5.10 Å². The Morgan fingerprint density at radius 1 is 1.53 bits per heavy atom. The summed E-state index contributed by atoms with van der Waals surface area (Å²) in [5.74, 6) is 0. The predicted molar refractivity (Wildman–Crippen MR) is 70.6 cm³/mol. The molecule has 1 aromatic rings. The van der Waals surface area contributed by atoms with Crippen LogP contribution in [0.4, 0.5) is 0 Å². The Hall–Kier alpha value is -0.400.